The number of ether oxygens (including phenoxy) is 2. The van der Waals surface area contributed by atoms with Crippen LogP contribution in [0, 0.1) is 0 Å². The van der Waals surface area contributed by atoms with Crippen molar-refractivity contribution in [2.24, 2.45) is 5.73 Å². The summed E-state index contributed by atoms with van der Waals surface area (Å²) in [4.78, 5) is 27.3. The second-order valence-corrected chi connectivity index (χ2v) is 10.0. The van der Waals surface area contributed by atoms with Gasteiger partial charge in [-0.25, -0.2) is 4.79 Å². The number of amides is 2. The average Bonchev–Trinajstić information content (AvgIpc) is 3.34. The van der Waals surface area contributed by atoms with Crippen molar-refractivity contribution < 1.29 is 19.1 Å². The van der Waals surface area contributed by atoms with Crippen LogP contribution < -0.4 is 11.1 Å². The van der Waals surface area contributed by atoms with Gasteiger partial charge in [-0.2, -0.15) is 0 Å². The summed E-state index contributed by atoms with van der Waals surface area (Å²) in [6, 6.07) is 14.6. The number of hydrogen-bond acceptors (Lipinski definition) is 7. The summed E-state index contributed by atoms with van der Waals surface area (Å²) in [6.45, 7) is 6.97. The van der Waals surface area contributed by atoms with Crippen molar-refractivity contribution in [1.82, 2.24) is 24.8 Å². The van der Waals surface area contributed by atoms with E-state index in [1.165, 1.54) is 0 Å². The quantitative estimate of drug-likeness (QED) is 0.454. The van der Waals surface area contributed by atoms with Gasteiger partial charge in [0.15, 0.2) is 11.5 Å². The van der Waals surface area contributed by atoms with Crippen LogP contribution in [0.1, 0.15) is 63.2 Å². The van der Waals surface area contributed by atoms with E-state index in [1.54, 1.807) is 23.1 Å². The molecule has 0 bridgehead atoms. The molecule has 1 aliphatic rings. The molecule has 198 valence electrons. The second-order valence-electron chi connectivity index (χ2n) is 10.0. The number of carbonyl (C=O) groups is 2. The lowest BCUT2D eigenvalue weighted by Crippen LogP contribution is -2.52. The summed E-state index contributed by atoms with van der Waals surface area (Å²) < 4.78 is 13.6. The molecule has 0 aliphatic carbocycles. The highest BCUT2D eigenvalue weighted by Crippen LogP contribution is 2.23. The third kappa shape index (κ3) is 6.64. The molecule has 3 N–H and O–H groups in total. The maximum Gasteiger partial charge on any atom is 0.410 e. The first-order valence-electron chi connectivity index (χ1n) is 12.7. The molecule has 2 amide bonds. The van der Waals surface area contributed by atoms with Gasteiger partial charge in [0.25, 0.3) is 0 Å². The van der Waals surface area contributed by atoms with Crippen LogP contribution in [-0.2, 0) is 27.5 Å². The van der Waals surface area contributed by atoms with Gasteiger partial charge in [0, 0.05) is 13.1 Å². The van der Waals surface area contributed by atoms with Crippen molar-refractivity contribution in [2.75, 3.05) is 13.1 Å². The van der Waals surface area contributed by atoms with Crippen molar-refractivity contribution >= 4 is 17.6 Å². The van der Waals surface area contributed by atoms with Crippen LogP contribution >= 0.6 is 0 Å². The Labute approximate surface area is 217 Å². The number of pyridine rings is 1. The number of aromatic nitrogens is 3. The lowest BCUT2D eigenvalue weighted by molar-refractivity contribution is -0.127. The first kappa shape index (κ1) is 26.6. The number of carbonyl (C=O) groups excluding carboxylic acids is 2. The standard InChI is InChI=1S/C27H36N6O4/c1-19(36-17-20-11-6-4-7-12-20)23(29-25(34)27(2,3)28)24-31-30-22-14-10-13-21(33(22)24)18-37-26(35)32-15-8-5-9-16-32/h4,6-7,10-14,19,23H,5,8-9,15-18,28H2,1-3H3,(H,29,34)/t19-,23-/m1/s1. The Bertz CT molecular complexity index is 1200. The molecular formula is C27H36N6O4. The molecule has 0 radical (unpaired) electrons. The molecule has 1 aromatic carbocycles. The fourth-order valence-corrected chi connectivity index (χ4v) is 4.27. The van der Waals surface area contributed by atoms with E-state index in [4.69, 9.17) is 15.2 Å². The summed E-state index contributed by atoms with van der Waals surface area (Å²) in [5.74, 6) is 0.121. The lowest BCUT2D eigenvalue weighted by Gasteiger charge is -2.28. The average molecular weight is 509 g/mol. The minimum absolute atomic E-state index is 0.0417. The van der Waals surface area contributed by atoms with Gasteiger partial charge in [0.2, 0.25) is 5.91 Å². The van der Waals surface area contributed by atoms with Crippen molar-refractivity contribution in [3.8, 4) is 0 Å². The van der Waals surface area contributed by atoms with E-state index in [0.29, 0.717) is 36.9 Å². The van der Waals surface area contributed by atoms with Crippen LogP contribution in [0.5, 0.6) is 0 Å². The number of fused-ring (bicyclic) bond motifs is 1. The minimum atomic E-state index is -1.11. The Morgan fingerprint density at radius 2 is 1.76 bits per heavy atom. The number of nitrogens with two attached hydrogens (primary N) is 1. The molecular weight excluding hydrogens is 472 g/mol. The fourth-order valence-electron chi connectivity index (χ4n) is 4.27. The third-order valence-corrected chi connectivity index (χ3v) is 6.47. The summed E-state index contributed by atoms with van der Waals surface area (Å²) >= 11 is 0. The molecule has 0 spiro atoms. The van der Waals surface area contributed by atoms with Crippen LogP contribution in [0.4, 0.5) is 4.79 Å². The van der Waals surface area contributed by atoms with E-state index in [0.717, 1.165) is 24.8 Å². The number of piperidine rings is 1. The third-order valence-electron chi connectivity index (χ3n) is 6.47. The number of benzene rings is 1. The van der Waals surface area contributed by atoms with E-state index in [9.17, 15) is 9.59 Å². The van der Waals surface area contributed by atoms with Crippen molar-refractivity contribution in [3.05, 3.63) is 65.6 Å². The molecule has 3 aromatic rings. The maximum atomic E-state index is 12.9. The molecule has 0 saturated carbocycles. The van der Waals surface area contributed by atoms with E-state index >= 15 is 0 Å². The van der Waals surface area contributed by atoms with Crippen LogP contribution in [0.2, 0.25) is 0 Å². The van der Waals surface area contributed by atoms with E-state index in [-0.39, 0.29) is 18.6 Å². The van der Waals surface area contributed by atoms with Gasteiger partial charge in [0.1, 0.15) is 12.6 Å². The molecule has 3 heterocycles. The Morgan fingerprint density at radius 1 is 1.03 bits per heavy atom. The highest BCUT2D eigenvalue weighted by Gasteiger charge is 2.32. The normalized spacial score (nSPS) is 15.8. The van der Waals surface area contributed by atoms with E-state index in [2.05, 4.69) is 15.5 Å². The molecule has 37 heavy (non-hydrogen) atoms. The van der Waals surface area contributed by atoms with E-state index < -0.39 is 17.7 Å². The van der Waals surface area contributed by atoms with Gasteiger partial charge in [-0.05, 0) is 57.7 Å². The molecule has 2 aromatic heterocycles. The fraction of sp³-hybridized carbons (Fsp3) is 0.481. The molecule has 1 aliphatic heterocycles. The zero-order chi connectivity index (χ0) is 26.4. The zero-order valence-electron chi connectivity index (χ0n) is 21.7. The number of hydrogen-bond donors (Lipinski definition) is 2. The number of nitrogens with one attached hydrogen (secondary N) is 1. The first-order valence-corrected chi connectivity index (χ1v) is 12.7. The second kappa shape index (κ2) is 11.7. The monoisotopic (exact) mass is 508 g/mol. The van der Waals surface area contributed by atoms with Gasteiger partial charge >= 0.3 is 6.09 Å². The van der Waals surface area contributed by atoms with Crippen LogP contribution in [-0.4, -0.2) is 56.2 Å². The van der Waals surface area contributed by atoms with Crippen molar-refractivity contribution in [2.45, 2.75) is 70.9 Å². The number of rotatable bonds is 9. The Balaban J connectivity index is 1.60. The van der Waals surface area contributed by atoms with Gasteiger partial charge < -0.3 is 25.4 Å². The predicted molar refractivity (Wildman–Crippen MR) is 138 cm³/mol. The largest absolute Gasteiger partial charge is 0.443 e. The maximum absolute atomic E-state index is 12.9. The molecule has 10 heteroatoms. The highest BCUT2D eigenvalue weighted by atomic mass is 16.6. The Morgan fingerprint density at radius 3 is 2.46 bits per heavy atom. The lowest BCUT2D eigenvalue weighted by atomic mass is 10.0. The van der Waals surface area contributed by atoms with Crippen LogP contribution in [0.25, 0.3) is 5.65 Å². The van der Waals surface area contributed by atoms with Gasteiger partial charge in [-0.15, -0.1) is 10.2 Å². The smallest absolute Gasteiger partial charge is 0.410 e. The summed E-state index contributed by atoms with van der Waals surface area (Å²) in [5.41, 5.74) is 7.24. The molecule has 0 unspecified atom stereocenters. The molecule has 1 fully saturated rings. The molecule has 1 saturated heterocycles. The van der Waals surface area contributed by atoms with Gasteiger partial charge in [0.05, 0.1) is 23.9 Å². The van der Waals surface area contributed by atoms with Crippen molar-refractivity contribution in [1.29, 1.82) is 0 Å². The topological polar surface area (TPSA) is 124 Å². The molecule has 4 rings (SSSR count). The summed E-state index contributed by atoms with van der Waals surface area (Å²) in [6.07, 6.45) is 2.30. The molecule has 2 atom stereocenters. The van der Waals surface area contributed by atoms with E-state index in [1.807, 2.05) is 55.5 Å². The summed E-state index contributed by atoms with van der Waals surface area (Å²) in [5, 5.41) is 11.7. The number of likely N-dealkylation sites (tertiary alicyclic amines) is 1. The van der Waals surface area contributed by atoms with Crippen LogP contribution in [0.3, 0.4) is 0 Å². The van der Waals surface area contributed by atoms with Crippen LogP contribution in [0.15, 0.2) is 48.5 Å². The molecule has 10 nitrogen and oxygen atoms in total. The predicted octanol–water partition coefficient (Wildman–Crippen LogP) is 3.35. The highest BCUT2D eigenvalue weighted by molar-refractivity contribution is 5.85. The van der Waals surface area contributed by atoms with Gasteiger partial charge in [-0.1, -0.05) is 36.4 Å². The Hall–Kier alpha value is -3.50. The van der Waals surface area contributed by atoms with Gasteiger partial charge in [-0.3, -0.25) is 9.20 Å². The minimum Gasteiger partial charge on any atom is -0.443 e. The Kier molecular flexibility index (Phi) is 8.40. The number of nitrogens with zero attached hydrogens (tertiary/aromatic N) is 4. The summed E-state index contributed by atoms with van der Waals surface area (Å²) in [7, 11) is 0. The van der Waals surface area contributed by atoms with Crippen molar-refractivity contribution in [3.63, 3.8) is 0 Å². The zero-order valence-corrected chi connectivity index (χ0v) is 21.7. The first-order chi connectivity index (χ1) is 17.7. The SMILES string of the molecule is C[C@@H](OCc1ccccc1)[C@@H](NC(=O)C(C)(C)N)c1nnc2cccc(COC(=O)N3CCCCC3)n12.